The lowest BCUT2D eigenvalue weighted by atomic mass is 10.1. The fourth-order valence-electron chi connectivity index (χ4n) is 3.03. The number of hydrogen-bond donors (Lipinski definition) is 1. The second-order valence-corrected chi connectivity index (χ2v) is 6.41. The van der Waals surface area contributed by atoms with Crippen LogP contribution >= 0.6 is 0 Å². The fraction of sp³-hybridized carbons (Fsp3) is 0.421. The Morgan fingerprint density at radius 1 is 1.12 bits per heavy atom. The summed E-state index contributed by atoms with van der Waals surface area (Å²) in [4.78, 5) is 14.5. The summed E-state index contributed by atoms with van der Waals surface area (Å²) in [5, 5.41) is 3.30. The normalized spacial score (nSPS) is 20.9. The molecule has 0 spiro atoms. The van der Waals surface area contributed by atoms with Crippen LogP contribution in [-0.2, 0) is 11.3 Å². The third-order valence-electron chi connectivity index (χ3n) is 4.10. The number of nitrogens with one attached hydrogen (secondary N) is 1. The minimum absolute atomic E-state index is 0.0604. The molecule has 2 atom stereocenters. The van der Waals surface area contributed by atoms with Crippen molar-refractivity contribution in [2.24, 2.45) is 0 Å². The van der Waals surface area contributed by atoms with Gasteiger partial charge in [-0.2, -0.15) is 0 Å². The van der Waals surface area contributed by atoms with Crippen molar-refractivity contribution in [3.63, 3.8) is 0 Å². The van der Waals surface area contributed by atoms with E-state index in [0.29, 0.717) is 25.2 Å². The Balaban J connectivity index is 1.60. The van der Waals surface area contributed by atoms with E-state index in [1.165, 1.54) is 0 Å². The first kappa shape index (κ1) is 16.6. The van der Waals surface area contributed by atoms with Crippen molar-refractivity contribution in [2.75, 3.05) is 18.4 Å². The van der Waals surface area contributed by atoms with E-state index in [4.69, 9.17) is 9.15 Å². The number of nitrogens with zero attached hydrogens (tertiary/aromatic N) is 1. The van der Waals surface area contributed by atoms with Crippen LogP contribution in [0.1, 0.15) is 35.7 Å². The quantitative estimate of drug-likeness (QED) is 0.934. The van der Waals surface area contributed by atoms with Crippen LogP contribution in [0.15, 0.2) is 40.8 Å². The maximum Gasteiger partial charge on any atom is 0.254 e. The fourth-order valence-corrected chi connectivity index (χ4v) is 3.03. The molecular formula is C19H24N2O3. The van der Waals surface area contributed by atoms with E-state index in [1.807, 2.05) is 62.1 Å². The molecule has 3 rings (SSSR count). The molecule has 5 nitrogen and oxygen atoms in total. The summed E-state index contributed by atoms with van der Waals surface area (Å²) < 4.78 is 11.2. The topological polar surface area (TPSA) is 54.7 Å². The minimum atomic E-state index is 0.0604. The van der Waals surface area contributed by atoms with Crippen LogP contribution in [0.2, 0.25) is 0 Å². The first-order chi connectivity index (χ1) is 11.5. The Hall–Kier alpha value is -2.27. The van der Waals surface area contributed by atoms with Crippen LogP contribution in [0.5, 0.6) is 0 Å². The third-order valence-corrected chi connectivity index (χ3v) is 4.10. The van der Waals surface area contributed by atoms with Crippen molar-refractivity contribution in [2.45, 2.75) is 39.5 Å². The molecule has 1 aliphatic heterocycles. The van der Waals surface area contributed by atoms with E-state index in [9.17, 15) is 4.79 Å². The van der Waals surface area contributed by atoms with Crippen molar-refractivity contribution in [3.05, 3.63) is 53.5 Å². The SMILES string of the molecule is Cc1ccc(CNc2ccc(C(=O)N3C[C@@H](C)O[C@@H](C)C3)cc2)o1. The molecule has 0 unspecified atom stereocenters. The van der Waals surface area contributed by atoms with Crippen molar-refractivity contribution < 1.29 is 13.9 Å². The number of amides is 1. The highest BCUT2D eigenvalue weighted by molar-refractivity contribution is 5.94. The average Bonchev–Trinajstić information content (AvgIpc) is 2.97. The molecule has 2 aromatic rings. The summed E-state index contributed by atoms with van der Waals surface area (Å²) in [5.74, 6) is 1.86. The van der Waals surface area contributed by atoms with Gasteiger partial charge in [-0.15, -0.1) is 0 Å². The van der Waals surface area contributed by atoms with E-state index >= 15 is 0 Å². The number of anilines is 1. The van der Waals surface area contributed by atoms with Crippen LogP contribution in [0.3, 0.4) is 0 Å². The van der Waals surface area contributed by atoms with Crippen molar-refractivity contribution in [1.29, 1.82) is 0 Å². The lowest BCUT2D eigenvalue weighted by molar-refractivity contribution is -0.0586. The molecule has 1 aliphatic rings. The highest BCUT2D eigenvalue weighted by Gasteiger charge is 2.26. The van der Waals surface area contributed by atoms with E-state index in [2.05, 4.69) is 5.32 Å². The van der Waals surface area contributed by atoms with E-state index in [0.717, 1.165) is 17.2 Å². The molecule has 1 aromatic carbocycles. The number of carbonyl (C=O) groups is 1. The summed E-state index contributed by atoms with van der Waals surface area (Å²) in [6, 6.07) is 11.5. The van der Waals surface area contributed by atoms with Crippen molar-refractivity contribution >= 4 is 11.6 Å². The zero-order chi connectivity index (χ0) is 17.1. The molecule has 1 amide bonds. The van der Waals surface area contributed by atoms with E-state index < -0.39 is 0 Å². The molecular weight excluding hydrogens is 304 g/mol. The number of hydrogen-bond acceptors (Lipinski definition) is 4. The van der Waals surface area contributed by atoms with Gasteiger partial charge in [-0.25, -0.2) is 0 Å². The minimum Gasteiger partial charge on any atom is -0.465 e. The zero-order valence-corrected chi connectivity index (χ0v) is 14.4. The van der Waals surface area contributed by atoms with Gasteiger partial charge in [0.1, 0.15) is 11.5 Å². The predicted octanol–water partition coefficient (Wildman–Crippen LogP) is 3.45. The lowest BCUT2D eigenvalue weighted by Crippen LogP contribution is -2.48. The predicted molar refractivity (Wildman–Crippen MR) is 93.1 cm³/mol. The summed E-state index contributed by atoms with van der Waals surface area (Å²) >= 11 is 0. The molecule has 1 saturated heterocycles. The van der Waals surface area contributed by atoms with Crippen LogP contribution in [0, 0.1) is 6.92 Å². The highest BCUT2D eigenvalue weighted by atomic mass is 16.5. The van der Waals surface area contributed by atoms with Crippen LogP contribution in [-0.4, -0.2) is 36.1 Å². The van der Waals surface area contributed by atoms with Crippen LogP contribution < -0.4 is 5.32 Å². The number of rotatable bonds is 4. The molecule has 0 radical (unpaired) electrons. The maximum atomic E-state index is 12.6. The Bertz CT molecular complexity index is 683. The Labute approximate surface area is 142 Å². The van der Waals surface area contributed by atoms with Gasteiger partial charge in [0.05, 0.1) is 18.8 Å². The van der Waals surface area contributed by atoms with Crippen LogP contribution in [0.4, 0.5) is 5.69 Å². The molecule has 1 fully saturated rings. The lowest BCUT2D eigenvalue weighted by Gasteiger charge is -2.35. The third kappa shape index (κ3) is 3.97. The smallest absolute Gasteiger partial charge is 0.254 e. The second-order valence-electron chi connectivity index (χ2n) is 6.41. The Kier molecular flexibility index (Phi) is 4.90. The highest BCUT2D eigenvalue weighted by Crippen LogP contribution is 2.17. The first-order valence-corrected chi connectivity index (χ1v) is 8.35. The van der Waals surface area contributed by atoms with E-state index in [-0.39, 0.29) is 18.1 Å². The summed E-state index contributed by atoms with van der Waals surface area (Å²) in [6.07, 6.45) is 0.158. The maximum absolute atomic E-state index is 12.6. The van der Waals surface area contributed by atoms with Gasteiger partial charge >= 0.3 is 0 Å². The first-order valence-electron chi connectivity index (χ1n) is 8.35. The van der Waals surface area contributed by atoms with E-state index in [1.54, 1.807) is 0 Å². The molecule has 24 heavy (non-hydrogen) atoms. The molecule has 5 heteroatoms. The number of furan rings is 1. The van der Waals surface area contributed by atoms with Gasteiger partial charge < -0.3 is 19.4 Å². The van der Waals surface area contributed by atoms with Gasteiger partial charge in [0.25, 0.3) is 5.91 Å². The van der Waals surface area contributed by atoms with Gasteiger partial charge in [0.2, 0.25) is 0 Å². The number of morpholine rings is 1. The zero-order valence-electron chi connectivity index (χ0n) is 14.4. The largest absolute Gasteiger partial charge is 0.465 e. The van der Waals surface area contributed by atoms with Crippen LogP contribution in [0.25, 0.3) is 0 Å². The van der Waals surface area contributed by atoms with Crippen molar-refractivity contribution in [1.82, 2.24) is 4.90 Å². The van der Waals surface area contributed by atoms with Gasteiger partial charge in [-0.1, -0.05) is 0 Å². The van der Waals surface area contributed by atoms with Gasteiger partial charge in [0, 0.05) is 24.3 Å². The molecule has 1 aromatic heterocycles. The Morgan fingerprint density at radius 3 is 2.38 bits per heavy atom. The average molecular weight is 328 g/mol. The number of aryl methyl sites for hydroxylation is 1. The summed E-state index contributed by atoms with van der Waals surface area (Å²) in [6.45, 7) is 7.83. The standard InChI is InChI=1S/C19H24N2O3/c1-13-4-9-18(24-13)10-20-17-7-5-16(6-8-17)19(22)21-11-14(2)23-15(3)12-21/h4-9,14-15,20H,10-12H2,1-3H3/t14-,15+. The number of ether oxygens (including phenoxy) is 1. The summed E-state index contributed by atoms with van der Waals surface area (Å²) in [7, 11) is 0. The number of carbonyl (C=O) groups excluding carboxylic acids is 1. The molecule has 1 N–H and O–H groups in total. The monoisotopic (exact) mass is 328 g/mol. The van der Waals surface area contributed by atoms with Gasteiger partial charge in [-0.05, 0) is 57.2 Å². The van der Waals surface area contributed by atoms with Gasteiger partial charge in [0.15, 0.2) is 0 Å². The molecule has 0 bridgehead atoms. The van der Waals surface area contributed by atoms with Crippen molar-refractivity contribution in [3.8, 4) is 0 Å². The molecule has 0 aliphatic carbocycles. The number of benzene rings is 1. The van der Waals surface area contributed by atoms with Gasteiger partial charge in [-0.3, -0.25) is 4.79 Å². The molecule has 2 heterocycles. The molecule has 0 saturated carbocycles. The second kappa shape index (κ2) is 7.09. The molecule has 128 valence electrons. The Morgan fingerprint density at radius 2 is 1.79 bits per heavy atom. The summed E-state index contributed by atoms with van der Waals surface area (Å²) in [5.41, 5.74) is 1.67.